The normalized spacial score (nSPS) is 11.0. The molecule has 2 aromatic carbocycles. The molecule has 9 nitrogen and oxygen atoms in total. The summed E-state index contributed by atoms with van der Waals surface area (Å²) < 4.78 is 38.1. The zero-order valence-corrected chi connectivity index (χ0v) is 14.9. The highest BCUT2D eigenvalue weighted by molar-refractivity contribution is 5.92. The Bertz CT molecular complexity index is 963. The van der Waals surface area contributed by atoms with Gasteiger partial charge in [0.15, 0.2) is 0 Å². The van der Waals surface area contributed by atoms with Gasteiger partial charge < -0.3 is 10.6 Å². The Kier molecular flexibility index (Phi) is 6.36. The highest BCUT2D eigenvalue weighted by Crippen LogP contribution is 2.35. The summed E-state index contributed by atoms with van der Waals surface area (Å²) in [6.45, 7) is 1.36. The van der Waals surface area contributed by atoms with Crippen molar-refractivity contribution in [1.82, 2.24) is 0 Å². The molecule has 154 valence electrons. The number of carbonyl (C=O) groups excluding carboxylic acids is 1. The third-order valence-corrected chi connectivity index (χ3v) is 3.97. The maximum Gasteiger partial charge on any atom is 0.416 e. The molecular formula is C17H15F3N4O5. The summed E-state index contributed by atoms with van der Waals surface area (Å²) >= 11 is 0. The first-order valence-electron chi connectivity index (χ1n) is 8.14. The van der Waals surface area contributed by atoms with E-state index in [-0.39, 0.29) is 35.6 Å². The van der Waals surface area contributed by atoms with Gasteiger partial charge in [0.25, 0.3) is 11.4 Å². The third kappa shape index (κ3) is 5.40. The van der Waals surface area contributed by atoms with Gasteiger partial charge in [-0.3, -0.25) is 25.0 Å². The van der Waals surface area contributed by atoms with Gasteiger partial charge in [0, 0.05) is 25.1 Å². The van der Waals surface area contributed by atoms with Crippen molar-refractivity contribution in [1.29, 1.82) is 0 Å². The lowest BCUT2D eigenvalue weighted by molar-refractivity contribution is -0.385. The standard InChI is InChI=1S/C17H15F3N4O5/c1-10-12(3-2-4-14(10)23(26)27)22-16(25)7-8-21-13-6-5-11(17(18,19)20)9-15(13)24(28)29/h2-6,9,21H,7-8H2,1H3,(H,22,25). The van der Waals surface area contributed by atoms with Crippen LogP contribution in [0.5, 0.6) is 0 Å². The Balaban J connectivity index is 2.03. The van der Waals surface area contributed by atoms with Crippen LogP contribution in [0.25, 0.3) is 0 Å². The molecule has 0 aliphatic heterocycles. The number of alkyl halides is 3. The van der Waals surface area contributed by atoms with Gasteiger partial charge in [-0.15, -0.1) is 0 Å². The molecule has 0 aromatic heterocycles. The van der Waals surface area contributed by atoms with Crippen molar-refractivity contribution in [3.05, 3.63) is 67.8 Å². The lowest BCUT2D eigenvalue weighted by Crippen LogP contribution is -2.17. The van der Waals surface area contributed by atoms with Crippen LogP contribution in [-0.4, -0.2) is 22.3 Å². The molecule has 2 rings (SSSR count). The summed E-state index contributed by atoms with van der Waals surface area (Å²) in [4.78, 5) is 32.4. The van der Waals surface area contributed by atoms with E-state index in [1.54, 1.807) is 0 Å². The molecular weight excluding hydrogens is 397 g/mol. The maximum absolute atomic E-state index is 12.7. The van der Waals surface area contributed by atoms with E-state index in [2.05, 4.69) is 10.6 Å². The van der Waals surface area contributed by atoms with Gasteiger partial charge in [-0.2, -0.15) is 13.2 Å². The number of hydrogen-bond donors (Lipinski definition) is 2. The summed E-state index contributed by atoms with van der Waals surface area (Å²) in [6.07, 6.45) is -4.90. The first kappa shape index (κ1) is 21.6. The van der Waals surface area contributed by atoms with Gasteiger partial charge in [0.1, 0.15) is 5.69 Å². The fourth-order valence-corrected chi connectivity index (χ4v) is 2.49. The van der Waals surface area contributed by atoms with Gasteiger partial charge in [-0.1, -0.05) is 6.07 Å². The number of nitrogens with one attached hydrogen (secondary N) is 2. The molecule has 0 atom stereocenters. The molecule has 0 fully saturated rings. The second-order valence-corrected chi connectivity index (χ2v) is 5.92. The van der Waals surface area contributed by atoms with E-state index in [9.17, 15) is 38.2 Å². The summed E-state index contributed by atoms with van der Waals surface area (Å²) in [5.41, 5.74) is -1.76. The Morgan fingerprint density at radius 3 is 2.28 bits per heavy atom. The van der Waals surface area contributed by atoms with Crippen LogP contribution in [0, 0.1) is 27.2 Å². The molecule has 0 unspecified atom stereocenters. The van der Waals surface area contributed by atoms with Crippen molar-refractivity contribution < 1.29 is 27.8 Å². The Labute approximate surface area is 161 Å². The van der Waals surface area contributed by atoms with Crippen LogP contribution < -0.4 is 10.6 Å². The molecule has 0 radical (unpaired) electrons. The van der Waals surface area contributed by atoms with Crippen LogP contribution in [0.4, 0.5) is 35.9 Å². The van der Waals surface area contributed by atoms with Crippen LogP contribution >= 0.6 is 0 Å². The fraction of sp³-hybridized carbons (Fsp3) is 0.235. The number of nitrogens with zero attached hydrogens (tertiary/aromatic N) is 2. The highest BCUT2D eigenvalue weighted by atomic mass is 19.4. The van der Waals surface area contributed by atoms with E-state index >= 15 is 0 Å². The number of carbonyl (C=O) groups is 1. The van der Waals surface area contributed by atoms with Gasteiger partial charge in [-0.25, -0.2) is 0 Å². The summed E-state index contributed by atoms with van der Waals surface area (Å²) in [7, 11) is 0. The van der Waals surface area contributed by atoms with E-state index in [1.165, 1.54) is 25.1 Å². The van der Waals surface area contributed by atoms with Gasteiger partial charge in [-0.05, 0) is 25.1 Å². The average molecular weight is 412 g/mol. The van der Waals surface area contributed by atoms with E-state index < -0.39 is 33.2 Å². The summed E-state index contributed by atoms with van der Waals surface area (Å²) in [5, 5.41) is 27.0. The van der Waals surface area contributed by atoms with Crippen molar-refractivity contribution in [3.63, 3.8) is 0 Å². The molecule has 0 heterocycles. The Morgan fingerprint density at radius 1 is 1.03 bits per heavy atom. The van der Waals surface area contributed by atoms with Crippen LogP contribution in [-0.2, 0) is 11.0 Å². The van der Waals surface area contributed by atoms with Crippen molar-refractivity contribution >= 4 is 28.7 Å². The first-order chi connectivity index (χ1) is 13.5. The number of halogens is 3. The molecule has 0 bridgehead atoms. The van der Waals surface area contributed by atoms with Crippen molar-refractivity contribution in [2.45, 2.75) is 19.5 Å². The molecule has 2 aromatic rings. The molecule has 2 N–H and O–H groups in total. The minimum Gasteiger partial charge on any atom is -0.379 e. The number of rotatable bonds is 7. The van der Waals surface area contributed by atoms with Crippen molar-refractivity contribution in [3.8, 4) is 0 Å². The summed E-state index contributed by atoms with van der Waals surface area (Å²) in [5.74, 6) is -0.532. The van der Waals surface area contributed by atoms with Gasteiger partial charge in [0.2, 0.25) is 5.91 Å². The number of anilines is 2. The minimum atomic E-state index is -4.72. The molecule has 0 aliphatic rings. The highest BCUT2D eigenvalue weighted by Gasteiger charge is 2.33. The number of hydrogen-bond acceptors (Lipinski definition) is 6. The largest absolute Gasteiger partial charge is 0.416 e. The predicted octanol–water partition coefficient (Wildman–Crippen LogP) is 4.27. The van der Waals surface area contributed by atoms with Crippen molar-refractivity contribution in [2.75, 3.05) is 17.2 Å². The van der Waals surface area contributed by atoms with E-state index in [1.807, 2.05) is 0 Å². The molecule has 29 heavy (non-hydrogen) atoms. The van der Waals surface area contributed by atoms with Gasteiger partial charge >= 0.3 is 6.18 Å². The topological polar surface area (TPSA) is 127 Å². The maximum atomic E-state index is 12.7. The van der Waals surface area contributed by atoms with Gasteiger partial charge in [0.05, 0.1) is 26.7 Å². The molecule has 1 amide bonds. The lowest BCUT2D eigenvalue weighted by Gasteiger charge is -2.11. The first-order valence-corrected chi connectivity index (χ1v) is 8.14. The van der Waals surface area contributed by atoms with Crippen LogP contribution in [0.15, 0.2) is 36.4 Å². The molecule has 0 spiro atoms. The Morgan fingerprint density at radius 2 is 1.69 bits per heavy atom. The summed E-state index contributed by atoms with van der Waals surface area (Å²) in [6, 6.07) is 6.20. The quantitative estimate of drug-likeness (QED) is 0.516. The fourth-order valence-electron chi connectivity index (χ4n) is 2.49. The lowest BCUT2D eigenvalue weighted by atomic mass is 10.1. The number of nitro benzene ring substituents is 2. The SMILES string of the molecule is Cc1c(NC(=O)CCNc2ccc(C(F)(F)F)cc2[N+](=O)[O-])cccc1[N+](=O)[O-]. The molecule has 0 aliphatic carbocycles. The number of benzene rings is 2. The van der Waals surface area contributed by atoms with Crippen LogP contribution in [0.2, 0.25) is 0 Å². The second-order valence-electron chi connectivity index (χ2n) is 5.92. The minimum absolute atomic E-state index is 0.105. The third-order valence-electron chi connectivity index (χ3n) is 3.97. The smallest absolute Gasteiger partial charge is 0.379 e. The number of amides is 1. The number of nitro groups is 2. The average Bonchev–Trinajstić information content (AvgIpc) is 2.62. The zero-order chi connectivity index (χ0) is 21.8. The Hall–Kier alpha value is -3.70. The van der Waals surface area contributed by atoms with E-state index in [4.69, 9.17) is 0 Å². The van der Waals surface area contributed by atoms with E-state index in [0.29, 0.717) is 12.1 Å². The van der Waals surface area contributed by atoms with Crippen LogP contribution in [0.3, 0.4) is 0 Å². The molecule has 0 saturated carbocycles. The second kappa shape index (κ2) is 8.54. The van der Waals surface area contributed by atoms with Crippen molar-refractivity contribution in [2.24, 2.45) is 0 Å². The zero-order valence-electron chi connectivity index (χ0n) is 14.9. The van der Waals surface area contributed by atoms with Crippen LogP contribution in [0.1, 0.15) is 17.5 Å². The predicted molar refractivity (Wildman–Crippen MR) is 97.7 cm³/mol. The monoisotopic (exact) mass is 412 g/mol. The van der Waals surface area contributed by atoms with E-state index in [0.717, 1.165) is 6.07 Å². The molecule has 0 saturated heterocycles. The molecule has 12 heteroatoms.